The summed E-state index contributed by atoms with van der Waals surface area (Å²) in [5.74, 6) is 0.587. The van der Waals surface area contributed by atoms with Crippen molar-refractivity contribution >= 4 is 23.2 Å². The molecule has 0 saturated carbocycles. The fourth-order valence-corrected chi connectivity index (χ4v) is 2.28. The molecule has 1 amide bonds. The van der Waals surface area contributed by atoms with Crippen molar-refractivity contribution in [1.82, 2.24) is 0 Å². The monoisotopic (exact) mass is 311 g/mol. The molecule has 0 aliphatic carbocycles. The van der Waals surface area contributed by atoms with Gasteiger partial charge in [0.25, 0.3) is 5.91 Å². The lowest BCUT2D eigenvalue weighted by atomic mass is 10.2. The molecule has 0 unspecified atom stereocenters. The number of carbonyl (C=O) groups excluding carboxylic acids is 1. The van der Waals surface area contributed by atoms with Gasteiger partial charge in [0.2, 0.25) is 0 Å². The quantitative estimate of drug-likeness (QED) is 0.726. The average Bonchev–Trinajstić information content (AvgIpc) is 3.00. The van der Waals surface area contributed by atoms with E-state index in [0.717, 1.165) is 16.8 Å². The van der Waals surface area contributed by atoms with E-state index >= 15 is 0 Å². The van der Waals surface area contributed by atoms with Crippen LogP contribution in [0.4, 0.5) is 5.69 Å². The van der Waals surface area contributed by atoms with E-state index in [2.05, 4.69) is 5.32 Å². The molecule has 0 aliphatic heterocycles. The number of hydrogen-bond acceptors (Lipinski definition) is 2. The predicted molar refractivity (Wildman–Crippen MR) is 88.3 cm³/mol. The van der Waals surface area contributed by atoms with Crippen LogP contribution in [-0.4, -0.2) is 5.91 Å². The molecule has 4 heteroatoms. The Kier molecular flexibility index (Phi) is 3.98. The molecule has 2 aromatic carbocycles. The topological polar surface area (TPSA) is 42.2 Å². The van der Waals surface area contributed by atoms with E-state index in [1.807, 2.05) is 43.3 Å². The number of hydrogen-bond donors (Lipinski definition) is 1. The highest BCUT2D eigenvalue weighted by molar-refractivity contribution is 6.30. The van der Waals surface area contributed by atoms with Crippen molar-refractivity contribution in [2.45, 2.75) is 6.92 Å². The number of furan rings is 1. The summed E-state index contributed by atoms with van der Waals surface area (Å²) in [6, 6.07) is 18.3. The molecule has 1 aromatic heterocycles. The van der Waals surface area contributed by atoms with Crippen LogP contribution in [0.3, 0.4) is 0 Å². The van der Waals surface area contributed by atoms with Crippen LogP contribution in [0.15, 0.2) is 65.1 Å². The van der Waals surface area contributed by atoms with Crippen LogP contribution in [-0.2, 0) is 0 Å². The molecule has 22 heavy (non-hydrogen) atoms. The van der Waals surface area contributed by atoms with Crippen LogP contribution in [0.5, 0.6) is 0 Å². The van der Waals surface area contributed by atoms with Crippen molar-refractivity contribution in [2.75, 3.05) is 5.32 Å². The van der Waals surface area contributed by atoms with E-state index in [4.69, 9.17) is 16.0 Å². The first kappa shape index (κ1) is 14.4. The Bertz CT molecular complexity index is 806. The summed E-state index contributed by atoms with van der Waals surface area (Å²) >= 11 is 5.96. The number of halogens is 1. The molecular formula is C18H14ClNO2. The smallest absolute Gasteiger partial charge is 0.291 e. The predicted octanol–water partition coefficient (Wildman–Crippen LogP) is 5.16. The van der Waals surface area contributed by atoms with Crippen molar-refractivity contribution in [1.29, 1.82) is 0 Å². The summed E-state index contributed by atoms with van der Waals surface area (Å²) in [6.45, 7) is 2.00. The maximum atomic E-state index is 12.2. The molecule has 3 aromatic rings. The Labute approximate surface area is 133 Å². The van der Waals surface area contributed by atoms with Gasteiger partial charge in [-0.05, 0) is 43.3 Å². The fraction of sp³-hybridized carbons (Fsp3) is 0.0556. The zero-order valence-electron chi connectivity index (χ0n) is 12.0. The van der Waals surface area contributed by atoms with Gasteiger partial charge >= 0.3 is 0 Å². The maximum Gasteiger partial charge on any atom is 0.291 e. The third kappa shape index (κ3) is 3.21. The van der Waals surface area contributed by atoms with Crippen molar-refractivity contribution in [3.05, 3.63) is 77.0 Å². The minimum Gasteiger partial charge on any atom is -0.451 e. The fourth-order valence-electron chi connectivity index (χ4n) is 2.09. The summed E-state index contributed by atoms with van der Waals surface area (Å²) in [6.07, 6.45) is 0. The molecule has 0 atom stereocenters. The summed E-state index contributed by atoms with van der Waals surface area (Å²) in [5.41, 5.74) is 2.71. The molecule has 3 rings (SSSR count). The molecule has 0 saturated heterocycles. The van der Waals surface area contributed by atoms with E-state index in [9.17, 15) is 4.79 Å². The first-order chi connectivity index (χ1) is 10.6. The summed E-state index contributed by atoms with van der Waals surface area (Å²) < 4.78 is 5.61. The number of anilines is 1. The highest BCUT2D eigenvalue weighted by atomic mass is 35.5. The van der Waals surface area contributed by atoms with E-state index in [-0.39, 0.29) is 11.7 Å². The zero-order valence-corrected chi connectivity index (χ0v) is 12.7. The molecule has 0 fully saturated rings. The average molecular weight is 312 g/mol. The third-order valence-electron chi connectivity index (χ3n) is 3.25. The lowest BCUT2D eigenvalue weighted by Crippen LogP contribution is -2.10. The second kappa shape index (κ2) is 6.08. The summed E-state index contributed by atoms with van der Waals surface area (Å²) in [5, 5.41) is 3.43. The maximum absolute atomic E-state index is 12.2. The lowest BCUT2D eigenvalue weighted by molar-refractivity contribution is 0.0997. The second-order valence-electron chi connectivity index (χ2n) is 4.99. The Morgan fingerprint density at radius 2 is 1.82 bits per heavy atom. The van der Waals surface area contributed by atoms with Crippen LogP contribution < -0.4 is 5.32 Å². The third-order valence-corrected chi connectivity index (χ3v) is 3.48. The standard InChI is InChI=1S/C18H14ClNO2/c1-12-5-7-15(8-6-12)20-18(21)17-10-9-16(22-17)13-3-2-4-14(19)11-13/h2-11H,1H3,(H,20,21). The number of carbonyl (C=O) groups is 1. The SMILES string of the molecule is Cc1ccc(NC(=O)c2ccc(-c3cccc(Cl)c3)o2)cc1. The first-order valence-corrected chi connectivity index (χ1v) is 7.23. The number of rotatable bonds is 3. The van der Waals surface area contributed by atoms with Gasteiger partial charge in [0.05, 0.1) is 0 Å². The first-order valence-electron chi connectivity index (χ1n) is 6.85. The largest absolute Gasteiger partial charge is 0.451 e. The minimum atomic E-state index is -0.280. The number of benzene rings is 2. The van der Waals surface area contributed by atoms with Crippen LogP contribution >= 0.6 is 11.6 Å². The Morgan fingerprint density at radius 3 is 2.55 bits per heavy atom. The molecule has 0 spiro atoms. The molecule has 0 bridgehead atoms. The van der Waals surface area contributed by atoms with Gasteiger partial charge < -0.3 is 9.73 Å². The highest BCUT2D eigenvalue weighted by Crippen LogP contribution is 2.25. The summed E-state index contributed by atoms with van der Waals surface area (Å²) in [4.78, 5) is 12.2. The van der Waals surface area contributed by atoms with E-state index in [1.54, 1.807) is 24.3 Å². The van der Waals surface area contributed by atoms with Crippen molar-refractivity contribution in [3.8, 4) is 11.3 Å². The molecule has 0 radical (unpaired) electrons. The van der Waals surface area contributed by atoms with Gasteiger partial charge in [-0.1, -0.05) is 41.4 Å². The number of nitrogens with one attached hydrogen (secondary N) is 1. The van der Waals surface area contributed by atoms with Gasteiger partial charge in [-0.3, -0.25) is 4.79 Å². The van der Waals surface area contributed by atoms with Crippen molar-refractivity contribution in [2.24, 2.45) is 0 Å². The Hall–Kier alpha value is -2.52. The van der Waals surface area contributed by atoms with E-state index < -0.39 is 0 Å². The van der Waals surface area contributed by atoms with Gasteiger partial charge in [0.1, 0.15) is 5.76 Å². The van der Waals surface area contributed by atoms with Gasteiger partial charge in [-0.15, -0.1) is 0 Å². The minimum absolute atomic E-state index is 0.260. The zero-order chi connectivity index (χ0) is 15.5. The van der Waals surface area contributed by atoms with Crippen LogP contribution in [0.2, 0.25) is 5.02 Å². The highest BCUT2D eigenvalue weighted by Gasteiger charge is 2.12. The summed E-state index contributed by atoms with van der Waals surface area (Å²) in [7, 11) is 0. The van der Waals surface area contributed by atoms with E-state index in [0.29, 0.717) is 10.8 Å². The molecule has 110 valence electrons. The van der Waals surface area contributed by atoms with Gasteiger partial charge in [0, 0.05) is 16.3 Å². The normalized spacial score (nSPS) is 10.5. The van der Waals surface area contributed by atoms with Gasteiger partial charge in [-0.2, -0.15) is 0 Å². The van der Waals surface area contributed by atoms with Crippen molar-refractivity contribution < 1.29 is 9.21 Å². The second-order valence-corrected chi connectivity index (χ2v) is 5.43. The van der Waals surface area contributed by atoms with Crippen LogP contribution in [0, 0.1) is 6.92 Å². The van der Waals surface area contributed by atoms with Crippen LogP contribution in [0.25, 0.3) is 11.3 Å². The van der Waals surface area contributed by atoms with Gasteiger partial charge in [0.15, 0.2) is 5.76 Å². The van der Waals surface area contributed by atoms with Crippen LogP contribution in [0.1, 0.15) is 16.1 Å². The Morgan fingerprint density at radius 1 is 1.05 bits per heavy atom. The van der Waals surface area contributed by atoms with E-state index in [1.165, 1.54) is 0 Å². The van der Waals surface area contributed by atoms with Crippen molar-refractivity contribution in [3.63, 3.8) is 0 Å². The molecule has 1 heterocycles. The molecule has 3 nitrogen and oxygen atoms in total. The number of amides is 1. The molecule has 0 aliphatic rings. The molecule has 1 N–H and O–H groups in total. The Balaban J connectivity index is 1.78. The van der Waals surface area contributed by atoms with Gasteiger partial charge in [-0.25, -0.2) is 0 Å². The lowest BCUT2D eigenvalue weighted by Gasteiger charge is -2.03. The molecular weight excluding hydrogens is 298 g/mol. The number of aryl methyl sites for hydroxylation is 1.